The molecule has 6 nitrogen and oxygen atoms in total. The van der Waals surface area contributed by atoms with Crippen LogP contribution in [0.15, 0.2) is 42.5 Å². The van der Waals surface area contributed by atoms with Gasteiger partial charge in [0.2, 0.25) is 0 Å². The molecule has 0 bridgehead atoms. The van der Waals surface area contributed by atoms with Crippen LogP contribution in [0, 0.1) is 6.92 Å². The maximum absolute atomic E-state index is 12.9. The summed E-state index contributed by atoms with van der Waals surface area (Å²) in [7, 11) is 0. The predicted molar refractivity (Wildman–Crippen MR) is 114 cm³/mol. The summed E-state index contributed by atoms with van der Waals surface area (Å²) in [4.78, 5) is 17.1. The number of aryl methyl sites for hydroxylation is 1. The van der Waals surface area contributed by atoms with E-state index in [0.29, 0.717) is 26.3 Å². The van der Waals surface area contributed by atoms with Gasteiger partial charge < -0.3 is 24.6 Å². The van der Waals surface area contributed by atoms with Crippen molar-refractivity contribution in [2.45, 2.75) is 26.3 Å². The van der Waals surface area contributed by atoms with Crippen LogP contribution in [0.3, 0.4) is 0 Å². The van der Waals surface area contributed by atoms with Crippen LogP contribution in [-0.4, -0.2) is 50.3 Å². The molecule has 2 aliphatic heterocycles. The van der Waals surface area contributed by atoms with E-state index in [4.69, 9.17) is 9.47 Å². The van der Waals surface area contributed by atoms with Crippen molar-refractivity contribution in [1.82, 2.24) is 10.2 Å². The number of ether oxygens (including phenoxy) is 2. The summed E-state index contributed by atoms with van der Waals surface area (Å²) in [5.74, 6) is 1.50. The highest BCUT2D eigenvalue weighted by atomic mass is 16.6. The van der Waals surface area contributed by atoms with Gasteiger partial charge in [-0.25, -0.2) is 4.79 Å². The van der Waals surface area contributed by atoms with Gasteiger partial charge in [-0.15, -0.1) is 0 Å². The van der Waals surface area contributed by atoms with Gasteiger partial charge in [0, 0.05) is 31.9 Å². The molecule has 29 heavy (non-hydrogen) atoms. The quantitative estimate of drug-likeness (QED) is 0.864. The molecule has 1 saturated heterocycles. The van der Waals surface area contributed by atoms with Crippen molar-refractivity contribution in [3.05, 3.63) is 53.6 Å². The Morgan fingerprint density at radius 1 is 0.966 bits per heavy atom. The topological polar surface area (TPSA) is 54.0 Å². The fraction of sp³-hybridized carbons (Fsp3) is 0.435. The molecule has 4 rings (SSSR count). The van der Waals surface area contributed by atoms with E-state index in [1.807, 2.05) is 36.9 Å². The lowest BCUT2D eigenvalue weighted by Crippen LogP contribution is -2.55. The van der Waals surface area contributed by atoms with Crippen LogP contribution in [0.25, 0.3) is 0 Å². The van der Waals surface area contributed by atoms with Gasteiger partial charge >= 0.3 is 6.03 Å². The van der Waals surface area contributed by atoms with Crippen LogP contribution < -0.4 is 19.7 Å². The second-order valence-electron chi connectivity index (χ2n) is 8.23. The summed E-state index contributed by atoms with van der Waals surface area (Å²) in [5.41, 5.74) is 2.96. The number of anilines is 1. The minimum absolute atomic E-state index is 0.0335. The zero-order valence-electron chi connectivity index (χ0n) is 17.4. The molecular weight excluding hydrogens is 366 g/mol. The van der Waals surface area contributed by atoms with Crippen molar-refractivity contribution < 1.29 is 14.3 Å². The summed E-state index contributed by atoms with van der Waals surface area (Å²) in [5, 5.41) is 3.18. The third-order valence-corrected chi connectivity index (χ3v) is 5.62. The number of nitrogens with zero attached hydrogens (tertiary/aromatic N) is 2. The number of hydrogen-bond acceptors (Lipinski definition) is 4. The van der Waals surface area contributed by atoms with Crippen LogP contribution in [0.1, 0.15) is 25.0 Å². The Hall–Kier alpha value is -2.89. The molecule has 6 heteroatoms. The Labute approximate surface area is 172 Å². The first-order valence-corrected chi connectivity index (χ1v) is 10.2. The van der Waals surface area contributed by atoms with E-state index in [-0.39, 0.29) is 6.03 Å². The molecule has 2 amide bonds. The smallest absolute Gasteiger partial charge is 0.318 e. The highest BCUT2D eigenvalue weighted by Crippen LogP contribution is 2.34. The molecule has 0 saturated carbocycles. The average molecular weight is 396 g/mol. The maximum Gasteiger partial charge on any atom is 0.318 e. The third kappa shape index (κ3) is 4.26. The Kier molecular flexibility index (Phi) is 5.26. The number of piperazine rings is 1. The standard InChI is InChI=1S/C23H29N3O3/c1-17-5-4-6-19(15-17)25-9-11-26(12-10-25)22(27)24-23(2,3)18-7-8-20-21(16-18)29-14-13-28-20/h4-8,15-16H,9-14H2,1-3H3,(H,24,27). The summed E-state index contributed by atoms with van der Waals surface area (Å²) in [6.07, 6.45) is 0. The number of carbonyl (C=O) groups is 1. The number of nitrogens with one attached hydrogen (secondary N) is 1. The molecule has 2 aromatic rings. The maximum atomic E-state index is 12.9. The minimum atomic E-state index is -0.513. The molecular formula is C23H29N3O3. The Bertz CT molecular complexity index is 889. The van der Waals surface area contributed by atoms with Crippen molar-refractivity contribution in [2.24, 2.45) is 0 Å². The van der Waals surface area contributed by atoms with Gasteiger partial charge in [-0.05, 0) is 56.2 Å². The lowest BCUT2D eigenvalue weighted by atomic mass is 9.94. The van der Waals surface area contributed by atoms with Crippen LogP contribution in [-0.2, 0) is 5.54 Å². The summed E-state index contributed by atoms with van der Waals surface area (Å²) in [6.45, 7) is 10.3. The van der Waals surface area contributed by atoms with E-state index in [1.54, 1.807) is 0 Å². The van der Waals surface area contributed by atoms with Crippen molar-refractivity contribution in [3.63, 3.8) is 0 Å². The van der Waals surface area contributed by atoms with Crippen LogP contribution in [0.5, 0.6) is 11.5 Å². The second-order valence-corrected chi connectivity index (χ2v) is 8.23. The van der Waals surface area contributed by atoms with Gasteiger partial charge in [-0.1, -0.05) is 18.2 Å². The van der Waals surface area contributed by atoms with E-state index in [2.05, 4.69) is 41.4 Å². The molecule has 2 aromatic carbocycles. The molecule has 0 aliphatic carbocycles. The summed E-state index contributed by atoms with van der Waals surface area (Å²) < 4.78 is 11.3. The lowest BCUT2D eigenvalue weighted by molar-refractivity contribution is 0.170. The number of rotatable bonds is 3. The first-order valence-electron chi connectivity index (χ1n) is 10.2. The monoisotopic (exact) mass is 395 g/mol. The highest BCUT2D eigenvalue weighted by Gasteiger charge is 2.29. The highest BCUT2D eigenvalue weighted by molar-refractivity contribution is 5.75. The number of carbonyl (C=O) groups excluding carboxylic acids is 1. The number of fused-ring (bicyclic) bond motifs is 1. The SMILES string of the molecule is Cc1cccc(N2CCN(C(=O)NC(C)(C)c3ccc4c(c3)OCCO4)CC2)c1. The van der Waals surface area contributed by atoms with E-state index in [0.717, 1.165) is 30.2 Å². The van der Waals surface area contributed by atoms with Gasteiger partial charge in [0.05, 0.1) is 5.54 Å². The van der Waals surface area contributed by atoms with Gasteiger partial charge in [0.1, 0.15) is 13.2 Å². The van der Waals surface area contributed by atoms with E-state index in [9.17, 15) is 4.79 Å². The van der Waals surface area contributed by atoms with Crippen molar-refractivity contribution in [3.8, 4) is 11.5 Å². The van der Waals surface area contributed by atoms with Crippen LogP contribution in [0.2, 0.25) is 0 Å². The van der Waals surface area contributed by atoms with E-state index < -0.39 is 5.54 Å². The molecule has 1 fully saturated rings. The Morgan fingerprint density at radius 2 is 1.69 bits per heavy atom. The fourth-order valence-electron chi connectivity index (χ4n) is 3.84. The lowest BCUT2D eigenvalue weighted by Gasteiger charge is -2.38. The Balaban J connectivity index is 1.38. The van der Waals surface area contributed by atoms with Crippen molar-refractivity contribution in [2.75, 3.05) is 44.3 Å². The first-order chi connectivity index (χ1) is 13.9. The summed E-state index contributed by atoms with van der Waals surface area (Å²) >= 11 is 0. The molecule has 1 N–H and O–H groups in total. The zero-order valence-corrected chi connectivity index (χ0v) is 17.4. The molecule has 154 valence electrons. The average Bonchev–Trinajstić information content (AvgIpc) is 2.73. The van der Waals surface area contributed by atoms with E-state index in [1.165, 1.54) is 11.3 Å². The van der Waals surface area contributed by atoms with Gasteiger partial charge in [0.15, 0.2) is 11.5 Å². The fourth-order valence-corrected chi connectivity index (χ4v) is 3.84. The zero-order chi connectivity index (χ0) is 20.4. The van der Waals surface area contributed by atoms with E-state index >= 15 is 0 Å². The number of benzene rings is 2. The minimum Gasteiger partial charge on any atom is -0.486 e. The number of amides is 2. The molecule has 0 radical (unpaired) electrons. The molecule has 0 spiro atoms. The van der Waals surface area contributed by atoms with Gasteiger partial charge in [0.25, 0.3) is 0 Å². The molecule has 2 heterocycles. The molecule has 0 aromatic heterocycles. The molecule has 2 aliphatic rings. The predicted octanol–water partition coefficient (Wildman–Crippen LogP) is 3.53. The van der Waals surface area contributed by atoms with Gasteiger partial charge in [-0.3, -0.25) is 0 Å². The van der Waals surface area contributed by atoms with Crippen molar-refractivity contribution in [1.29, 1.82) is 0 Å². The van der Waals surface area contributed by atoms with Crippen LogP contribution >= 0.6 is 0 Å². The number of hydrogen-bond donors (Lipinski definition) is 1. The molecule has 0 atom stereocenters. The largest absolute Gasteiger partial charge is 0.486 e. The van der Waals surface area contributed by atoms with Crippen molar-refractivity contribution >= 4 is 11.7 Å². The van der Waals surface area contributed by atoms with Gasteiger partial charge in [-0.2, -0.15) is 0 Å². The number of urea groups is 1. The second kappa shape index (κ2) is 7.85. The molecule has 0 unspecified atom stereocenters. The van der Waals surface area contributed by atoms with Crippen LogP contribution in [0.4, 0.5) is 10.5 Å². The first kappa shape index (κ1) is 19.4. The normalized spacial score (nSPS) is 16.5. The third-order valence-electron chi connectivity index (χ3n) is 5.62. The Morgan fingerprint density at radius 3 is 2.41 bits per heavy atom. The summed E-state index contributed by atoms with van der Waals surface area (Å²) in [6, 6.07) is 14.3.